The van der Waals surface area contributed by atoms with Gasteiger partial charge in [-0.1, -0.05) is 0 Å². The summed E-state index contributed by atoms with van der Waals surface area (Å²) in [5, 5.41) is 3.20. The molecule has 0 aromatic heterocycles. The minimum absolute atomic E-state index is 0.104. The molecule has 1 heterocycles. The van der Waals surface area contributed by atoms with Crippen LogP contribution in [-0.2, 0) is 10.0 Å². The van der Waals surface area contributed by atoms with Crippen LogP contribution in [0.5, 0.6) is 5.75 Å². The van der Waals surface area contributed by atoms with E-state index >= 15 is 0 Å². The third-order valence-electron chi connectivity index (χ3n) is 3.30. The molecule has 0 spiro atoms. The van der Waals surface area contributed by atoms with E-state index in [4.69, 9.17) is 0 Å². The maximum Gasteiger partial charge on any atom is 0.573 e. The van der Waals surface area contributed by atoms with Crippen molar-refractivity contribution in [3.63, 3.8) is 0 Å². The second kappa shape index (κ2) is 7.47. The quantitative estimate of drug-likeness (QED) is 0.791. The lowest BCUT2D eigenvalue weighted by Crippen LogP contribution is -2.46. The Labute approximate surface area is 132 Å². The van der Waals surface area contributed by atoms with Crippen LogP contribution in [0.3, 0.4) is 0 Å². The second-order valence-electron chi connectivity index (χ2n) is 5.01. The predicted molar refractivity (Wildman–Crippen MR) is 77.6 cm³/mol. The standard InChI is InChI=1S/C13H18F3N3O3S/c14-13(15,16)22-11-1-3-12(4-2-11)23(20,21)18-7-10-19-8-5-17-6-9-19/h1-4,17-18H,5-10H2. The average Bonchev–Trinajstić information content (AvgIpc) is 2.47. The summed E-state index contributed by atoms with van der Waals surface area (Å²) in [6.07, 6.45) is -4.80. The van der Waals surface area contributed by atoms with E-state index < -0.39 is 22.1 Å². The first kappa shape index (κ1) is 18.0. The van der Waals surface area contributed by atoms with Gasteiger partial charge in [-0.15, -0.1) is 13.2 Å². The van der Waals surface area contributed by atoms with Gasteiger partial charge in [0, 0.05) is 39.3 Å². The van der Waals surface area contributed by atoms with Gasteiger partial charge in [0.25, 0.3) is 0 Å². The number of halogens is 3. The van der Waals surface area contributed by atoms with E-state index in [-0.39, 0.29) is 11.4 Å². The van der Waals surface area contributed by atoms with E-state index in [1.165, 1.54) is 0 Å². The van der Waals surface area contributed by atoms with E-state index in [2.05, 4.69) is 19.7 Å². The van der Waals surface area contributed by atoms with E-state index in [0.717, 1.165) is 50.4 Å². The summed E-state index contributed by atoms with van der Waals surface area (Å²) < 4.78 is 66.4. The zero-order valence-electron chi connectivity index (χ0n) is 12.3. The first-order valence-electron chi connectivity index (χ1n) is 7.05. The van der Waals surface area contributed by atoms with Gasteiger partial charge >= 0.3 is 6.36 Å². The van der Waals surface area contributed by atoms with Gasteiger partial charge in [0.15, 0.2) is 0 Å². The highest BCUT2D eigenvalue weighted by Crippen LogP contribution is 2.23. The molecule has 6 nitrogen and oxygen atoms in total. The molecule has 0 saturated carbocycles. The molecule has 0 aliphatic carbocycles. The van der Waals surface area contributed by atoms with Crippen LogP contribution in [0.15, 0.2) is 29.2 Å². The van der Waals surface area contributed by atoms with Crippen LogP contribution in [0.25, 0.3) is 0 Å². The third kappa shape index (κ3) is 5.98. The smallest absolute Gasteiger partial charge is 0.406 e. The SMILES string of the molecule is O=S(=O)(NCCN1CCNCC1)c1ccc(OC(F)(F)F)cc1. The highest BCUT2D eigenvalue weighted by atomic mass is 32.2. The van der Waals surface area contributed by atoms with Crippen molar-refractivity contribution in [2.24, 2.45) is 0 Å². The molecule has 0 bridgehead atoms. The molecule has 1 aliphatic heterocycles. The summed E-state index contributed by atoms with van der Waals surface area (Å²) in [7, 11) is -3.75. The van der Waals surface area contributed by atoms with Crippen molar-refractivity contribution in [3.05, 3.63) is 24.3 Å². The van der Waals surface area contributed by atoms with Gasteiger partial charge in [0.05, 0.1) is 4.90 Å². The van der Waals surface area contributed by atoms with Gasteiger partial charge in [-0.05, 0) is 24.3 Å². The second-order valence-corrected chi connectivity index (χ2v) is 6.78. The molecular weight excluding hydrogens is 335 g/mol. The molecule has 0 amide bonds. The highest BCUT2D eigenvalue weighted by molar-refractivity contribution is 7.89. The van der Waals surface area contributed by atoms with Crippen molar-refractivity contribution in [1.82, 2.24) is 14.9 Å². The Bertz CT molecular complexity index is 599. The van der Waals surface area contributed by atoms with Crippen molar-refractivity contribution in [1.29, 1.82) is 0 Å². The molecule has 1 fully saturated rings. The fourth-order valence-electron chi connectivity index (χ4n) is 2.18. The topological polar surface area (TPSA) is 70.7 Å². The average molecular weight is 353 g/mol. The van der Waals surface area contributed by atoms with Crippen LogP contribution in [-0.4, -0.2) is 58.9 Å². The van der Waals surface area contributed by atoms with Crippen LogP contribution in [0, 0.1) is 0 Å². The number of sulfonamides is 1. The Morgan fingerprint density at radius 3 is 2.35 bits per heavy atom. The van der Waals surface area contributed by atoms with Gasteiger partial charge < -0.3 is 10.1 Å². The van der Waals surface area contributed by atoms with Gasteiger partial charge in [-0.2, -0.15) is 0 Å². The number of benzene rings is 1. The summed E-state index contributed by atoms with van der Waals surface area (Å²) in [5.74, 6) is -0.461. The fraction of sp³-hybridized carbons (Fsp3) is 0.538. The van der Waals surface area contributed by atoms with Crippen molar-refractivity contribution in [2.45, 2.75) is 11.3 Å². The van der Waals surface area contributed by atoms with Gasteiger partial charge in [-0.3, -0.25) is 4.90 Å². The summed E-state index contributed by atoms with van der Waals surface area (Å²) in [6, 6.07) is 4.10. The lowest BCUT2D eigenvalue weighted by molar-refractivity contribution is -0.274. The molecule has 2 N–H and O–H groups in total. The number of hydrogen-bond donors (Lipinski definition) is 2. The molecule has 130 valence electrons. The molecule has 2 rings (SSSR count). The number of hydrogen-bond acceptors (Lipinski definition) is 5. The Balaban J connectivity index is 1.88. The van der Waals surface area contributed by atoms with Crippen LogP contribution in [0.4, 0.5) is 13.2 Å². The summed E-state index contributed by atoms with van der Waals surface area (Å²) in [4.78, 5) is 2.02. The number of nitrogens with zero attached hydrogens (tertiary/aromatic N) is 1. The molecule has 1 aromatic rings. The molecule has 0 unspecified atom stereocenters. The summed E-state index contributed by atoms with van der Waals surface area (Å²) >= 11 is 0. The summed E-state index contributed by atoms with van der Waals surface area (Å²) in [6.45, 7) is 4.26. The normalized spacial score (nSPS) is 17.2. The molecule has 1 saturated heterocycles. The minimum Gasteiger partial charge on any atom is -0.406 e. The Morgan fingerprint density at radius 2 is 1.78 bits per heavy atom. The van der Waals surface area contributed by atoms with E-state index in [1.807, 2.05) is 0 Å². The molecule has 10 heteroatoms. The number of alkyl halides is 3. The first-order valence-corrected chi connectivity index (χ1v) is 8.53. The summed E-state index contributed by atoms with van der Waals surface area (Å²) in [5.41, 5.74) is 0. The highest BCUT2D eigenvalue weighted by Gasteiger charge is 2.31. The number of nitrogens with one attached hydrogen (secondary N) is 2. The van der Waals surface area contributed by atoms with Crippen LogP contribution in [0.2, 0.25) is 0 Å². The van der Waals surface area contributed by atoms with Crippen LogP contribution in [0.1, 0.15) is 0 Å². The Kier molecular flexibility index (Phi) is 5.84. The lowest BCUT2D eigenvalue weighted by atomic mass is 10.3. The zero-order valence-corrected chi connectivity index (χ0v) is 13.1. The maximum absolute atomic E-state index is 12.1. The molecule has 0 atom stereocenters. The van der Waals surface area contributed by atoms with Crippen LogP contribution < -0.4 is 14.8 Å². The largest absolute Gasteiger partial charge is 0.573 e. The van der Waals surface area contributed by atoms with Gasteiger partial charge in [0.2, 0.25) is 10.0 Å². The van der Waals surface area contributed by atoms with E-state index in [9.17, 15) is 21.6 Å². The third-order valence-corrected chi connectivity index (χ3v) is 4.77. The van der Waals surface area contributed by atoms with E-state index in [0.29, 0.717) is 6.54 Å². The fourth-order valence-corrected chi connectivity index (χ4v) is 3.20. The van der Waals surface area contributed by atoms with Gasteiger partial charge in [0.1, 0.15) is 5.75 Å². The molecular formula is C13H18F3N3O3S. The molecule has 1 aliphatic rings. The molecule has 0 radical (unpaired) electrons. The minimum atomic E-state index is -4.80. The number of piperazine rings is 1. The lowest BCUT2D eigenvalue weighted by Gasteiger charge is -2.27. The Morgan fingerprint density at radius 1 is 1.17 bits per heavy atom. The van der Waals surface area contributed by atoms with Crippen molar-refractivity contribution < 1.29 is 26.3 Å². The monoisotopic (exact) mass is 353 g/mol. The van der Waals surface area contributed by atoms with Crippen molar-refractivity contribution in [2.75, 3.05) is 39.3 Å². The van der Waals surface area contributed by atoms with E-state index in [1.54, 1.807) is 0 Å². The molecule has 1 aromatic carbocycles. The van der Waals surface area contributed by atoms with Crippen LogP contribution >= 0.6 is 0 Å². The zero-order chi connectivity index (χ0) is 16.9. The van der Waals surface area contributed by atoms with Crippen molar-refractivity contribution >= 4 is 10.0 Å². The Hall–Kier alpha value is -1.36. The predicted octanol–water partition coefficient (Wildman–Crippen LogP) is 0.769. The van der Waals surface area contributed by atoms with Crippen molar-refractivity contribution in [3.8, 4) is 5.75 Å². The van der Waals surface area contributed by atoms with Gasteiger partial charge in [-0.25, -0.2) is 13.1 Å². The maximum atomic E-state index is 12.1. The first-order chi connectivity index (χ1) is 10.8. The molecule has 23 heavy (non-hydrogen) atoms. The number of rotatable bonds is 6. The number of ether oxygens (including phenoxy) is 1.